The number of unbranched alkanes of at least 4 members (excludes halogenated alkanes) is 20. The van der Waals surface area contributed by atoms with Gasteiger partial charge in [0.2, 0.25) is 0 Å². The van der Waals surface area contributed by atoms with E-state index in [0.29, 0.717) is 6.61 Å². The molecule has 0 amide bonds. The predicted molar refractivity (Wildman–Crippen MR) is 140 cm³/mol. The van der Waals surface area contributed by atoms with Gasteiger partial charge in [0.05, 0.1) is 12.4 Å². The van der Waals surface area contributed by atoms with Crippen molar-refractivity contribution in [2.45, 2.75) is 155 Å². The van der Waals surface area contributed by atoms with Crippen molar-refractivity contribution in [3.63, 3.8) is 0 Å². The summed E-state index contributed by atoms with van der Waals surface area (Å²) < 4.78 is 29.1. The van der Waals surface area contributed by atoms with Crippen molar-refractivity contribution in [1.29, 1.82) is 0 Å². The molecule has 0 fully saturated rings. The Morgan fingerprint density at radius 3 is 1.10 bits per heavy atom. The Morgan fingerprint density at radius 2 is 0.742 bits per heavy atom. The van der Waals surface area contributed by atoms with Gasteiger partial charge in [0.25, 0.3) is 10.1 Å². The van der Waals surface area contributed by atoms with E-state index < -0.39 is 10.1 Å². The van der Waals surface area contributed by atoms with Gasteiger partial charge in [0.15, 0.2) is 0 Å². The third-order valence-electron chi connectivity index (χ3n) is 6.01. The van der Waals surface area contributed by atoms with Gasteiger partial charge < -0.3 is 0 Å². The Morgan fingerprint density at radius 1 is 0.452 bits per heavy atom. The van der Waals surface area contributed by atoms with E-state index in [1.807, 2.05) is 0 Å². The zero-order chi connectivity index (χ0) is 22.2. The topological polar surface area (TPSA) is 43.4 Å². The molecule has 0 aliphatic carbocycles. The first kappa shape index (κ1) is 34.1. The Balaban J connectivity index is 0. The molecule has 0 bridgehead atoms. The first-order valence-electron chi connectivity index (χ1n) is 13.5. The van der Waals surface area contributed by atoms with Gasteiger partial charge in [-0.15, -0.1) is 0 Å². The Labute approximate surface area is 218 Å². The summed E-state index contributed by atoms with van der Waals surface area (Å²) in [6.45, 7) is 4.88. The fraction of sp³-hybridized carbons (Fsp3) is 1.00. The van der Waals surface area contributed by atoms with E-state index in [0.717, 1.165) is 32.1 Å². The standard InChI is InChI=1S/C26H54O3S.Na.H/c1-3-5-7-9-11-13-15-17-19-21-23-25-29-30(27,28)26-24-22-20-18-16-14-12-10-8-6-4-2;;/h3-26H2,1-2H3;;. The van der Waals surface area contributed by atoms with Gasteiger partial charge in [-0.05, 0) is 12.8 Å². The average Bonchev–Trinajstić information content (AvgIpc) is 2.72. The molecule has 184 valence electrons. The minimum atomic E-state index is -3.30. The van der Waals surface area contributed by atoms with E-state index in [1.54, 1.807) is 0 Å². The third kappa shape index (κ3) is 28.9. The van der Waals surface area contributed by atoms with Crippen LogP contribution in [0.5, 0.6) is 0 Å². The van der Waals surface area contributed by atoms with Crippen molar-refractivity contribution < 1.29 is 12.6 Å². The summed E-state index contributed by atoms with van der Waals surface area (Å²) in [5.74, 6) is 0.196. The van der Waals surface area contributed by atoms with Crippen LogP contribution in [-0.4, -0.2) is 50.3 Å². The molecule has 0 aromatic rings. The Hall–Kier alpha value is 0.910. The van der Waals surface area contributed by atoms with Crippen LogP contribution in [-0.2, 0) is 14.3 Å². The maximum atomic E-state index is 12.0. The van der Waals surface area contributed by atoms with E-state index in [2.05, 4.69) is 13.8 Å². The summed E-state index contributed by atoms with van der Waals surface area (Å²) in [6, 6.07) is 0. The van der Waals surface area contributed by atoms with Gasteiger partial charge in [0, 0.05) is 0 Å². The predicted octanol–water partition coefficient (Wildman–Crippen LogP) is 8.31. The number of hydrogen-bond acceptors (Lipinski definition) is 3. The molecular weight excluding hydrogens is 415 g/mol. The normalized spacial score (nSPS) is 11.5. The maximum absolute atomic E-state index is 12.0. The van der Waals surface area contributed by atoms with Gasteiger partial charge in [-0.2, -0.15) is 8.42 Å². The first-order valence-corrected chi connectivity index (χ1v) is 15.1. The second-order valence-electron chi connectivity index (χ2n) is 9.15. The summed E-state index contributed by atoms with van der Waals surface area (Å²) in [7, 11) is -3.30. The fourth-order valence-corrected chi connectivity index (χ4v) is 5.00. The molecule has 3 nitrogen and oxygen atoms in total. The van der Waals surface area contributed by atoms with Gasteiger partial charge in [-0.1, -0.05) is 142 Å². The van der Waals surface area contributed by atoms with Crippen molar-refractivity contribution in [3.8, 4) is 0 Å². The molecule has 0 aromatic heterocycles. The van der Waals surface area contributed by atoms with Crippen molar-refractivity contribution in [3.05, 3.63) is 0 Å². The monoisotopic (exact) mass is 470 g/mol. The second kappa shape index (κ2) is 27.2. The zero-order valence-electron chi connectivity index (χ0n) is 20.6. The number of rotatable bonds is 25. The van der Waals surface area contributed by atoms with Gasteiger partial charge in [0.1, 0.15) is 0 Å². The SMILES string of the molecule is CCCCCCCCCCCCCOS(=O)(=O)CCCCCCCCCCCCC.[NaH]. The van der Waals surface area contributed by atoms with Crippen LogP contribution in [0.4, 0.5) is 0 Å². The van der Waals surface area contributed by atoms with Crippen LogP contribution in [0.15, 0.2) is 0 Å². The molecule has 0 aliphatic rings. The summed E-state index contributed by atoms with van der Waals surface area (Å²) in [5, 5.41) is 0. The van der Waals surface area contributed by atoms with Crippen LogP contribution < -0.4 is 0 Å². The second-order valence-corrected chi connectivity index (χ2v) is 10.9. The fourth-order valence-electron chi connectivity index (χ4n) is 3.95. The van der Waals surface area contributed by atoms with Crippen LogP contribution in [0.3, 0.4) is 0 Å². The molecule has 0 N–H and O–H groups in total. The van der Waals surface area contributed by atoms with Gasteiger partial charge in [-0.3, -0.25) is 4.18 Å². The van der Waals surface area contributed by atoms with E-state index in [9.17, 15) is 8.42 Å². The molecule has 0 rings (SSSR count). The molecule has 0 saturated heterocycles. The van der Waals surface area contributed by atoms with E-state index >= 15 is 0 Å². The van der Waals surface area contributed by atoms with Crippen LogP contribution >= 0.6 is 0 Å². The summed E-state index contributed by atoms with van der Waals surface area (Å²) >= 11 is 0. The van der Waals surface area contributed by atoms with Crippen molar-refractivity contribution in [2.24, 2.45) is 0 Å². The summed E-state index contributed by atoms with van der Waals surface area (Å²) in [4.78, 5) is 0. The van der Waals surface area contributed by atoms with Crippen molar-refractivity contribution in [1.82, 2.24) is 0 Å². The zero-order valence-corrected chi connectivity index (χ0v) is 21.4. The Kier molecular flexibility index (Phi) is 29.9. The van der Waals surface area contributed by atoms with E-state index in [1.165, 1.54) is 109 Å². The molecule has 0 atom stereocenters. The molecular formula is C26H55NaO3S. The van der Waals surface area contributed by atoms with Crippen molar-refractivity contribution in [2.75, 3.05) is 12.4 Å². The number of hydrogen-bond donors (Lipinski definition) is 0. The molecule has 0 saturated carbocycles. The van der Waals surface area contributed by atoms with Crippen LogP contribution in [0, 0.1) is 0 Å². The quantitative estimate of drug-likeness (QED) is 0.0765. The minimum absolute atomic E-state index is 0. The van der Waals surface area contributed by atoms with Crippen LogP contribution in [0.1, 0.15) is 155 Å². The first-order chi connectivity index (χ1) is 14.6. The molecule has 5 heteroatoms. The van der Waals surface area contributed by atoms with E-state index in [4.69, 9.17) is 4.18 Å². The van der Waals surface area contributed by atoms with Crippen LogP contribution in [0.2, 0.25) is 0 Å². The van der Waals surface area contributed by atoms with E-state index in [-0.39, 0.29) is 35.3 Å². The third-order valence-corrected chi connectivity index (χ3v) is 7.32. The molecule has 31 heavy (non-hydrogen) atoms. The summed E-state index contributed by atoms with van der Waals surface area (Å²) in [6.07, 6.45) is 27.6. The average molecular weight is 471 g/mol. The summed E-state index contributed by atoms with van der Waals surface area (Å²) in [5.41, 5.74) is 0. The Bertz CT molecular complexity index is 426. The molecule has 0 radical (unpaired) electrons. The molecule has 0 aromatic carbocycles. The molecule has 0 unspecified atom stereocenters. The molecule has 0 aliphatic heterocycles. The molecule has 0 heterocycles. The van der Waals surface area contributed by atoms with Crippen molar-refractivity contribution >= 4 is 39.7 Å². The van der Waals surface area contributed by atoms with Gasteiger partial charge >= 0.3 is 29.6 Å². The molecule has 0 spiro atoms. The van der Waals surface area contributed by atoms with Gasteiger partial charge in [-0.25, -0.2) is 0 Å². The van der Waals surface area contributed by atoms with Crippen LogP contribution in [0.25, 0.3) is 0 Å².